The van der Waals surface area contributed by atoms with Gasteiger partial charge in [0.15, 0.2) is 0 Å². The number of hydrogen-bond donors (Lipinski definition) is 2. The van der Waals surface area contributed by atoms with E-state index in [0.717, 1.165) is 11.3 Å². The fourth-order valence-electron chi connectivity index (χ4n) is 1.37. The number of nitrogens with one attached hydrogen (secondary N) is 1. The highest BCUT2D eigenvalue weighted by Gasteiger charge is 2.33. The lowest BCUT2D eigenvalue weighted by molar-refractivity contribution is -0.147. The molecule has 19 heavy (non-hydrogen) atoms. The zero-order valence-electron chi connectivity index (χ0n) is 11.3. The first kappa shape index (κ1) is 16.1. The van der Waals surface area contributed by atoms with Crippen molar-refractivity contribution in [1.29, 1.82) is 0 Å². The lowest BCUT2D eigenvalue weighted by atomic mass is 9.88. The van der Waals surface area contributed by atoms with Gasteiger partial charge in [0.2, 0.25) is 10.0 Å². The average molecular weight is 305 g/mol. The third kappa shape index (κ3) is 3.77. The maximum absolute atomic E-state index is 12.1. The van der Waals surface area contributed by atoms with Crippen molar-refractivity contribution in [3.8, 4) is 0 Å². The molecule has 0 saturated carbocycles. The fourth-order valence-corrected chi connectivity index (χ4v) is 3.88. The summed E-state index contributed by atoms with van der Waals surface area (Å²) in [6.07, 6.45) is 1.14. The van der Waals surface area contributed by atoms with E-state index in [2.05, 4.69) is 4.72 Å². The number of aliphatic carboxylic acids is 1. The summed E-state index contributed by atoms with van der Waals surface area (Å²) in [4.78, 5) is 12.1. The van der Waals surface area contributed by atoms with Gasteiger partial charge in [0, 0.05) is 11.4 Å². The summed E-state index contributed by atoms with van der Waals surface area (Å²) >= 11 is 1.21. The maximum atomic E-state index is 12.1. The molecule has 0 fully saturated rings. The topological polar surface area (TPSA) is 83.5 Å². The van der Waals surface area contributed by atoms with Crippen LogP contribution in [-0.2, 0) is 21.2 Å². The number of thiophene rings is 1. The van der Waals surface area contributed by atoms with Crippen LogP contribution in [0.1, 0.15) is 32.1 Å². The number of rotatable bonds is 7. The van der Waals surface area contributed by atoms with Gasteiger partial charge in [-0.3, -0.25) is 4.79 Å². The summed E-state index contributed by atoms with van der Waals surface area (Å²) in [6, 6.07) is 3.32. The van der Waals surface area contributed by atoms with Gasteiger partial charge in [0.25, 0.3) is 0 Å². The molecule has 1 aromatic rings. The summed E-state index contributed by atoms with van der Waals surface area (Å²) in [5, 5.41) is 9.11. The Kier molecular flexibility index (Phi) is 5.11. The molecular formula is C12H19NO4S2. The molecule has 7 heteroatoms. The van der Waals surface area contributed by atoms with Crippen LogP contribution in [0.3, 0.4) is 0 Å². The lowest BCUT2D eigenvalue weighted by Crippen LogP contribution is -2.40. The monoisotopic (exact) mass is 305 g/mol. The molecule has 1 heterocycles. The fraction of sp³-hybridized carbons (Fsp3) is 0.583. The molecule has 0 amide bonds. The number of aryl methyl sites for hydroxylation is 1. The first-order chi connectivity index (χ1) is 8.75. The highest BCUT2D eigenvalue weighted by atomic mass is 32.2. The Balaban J connectivity index is 2.83. The van der Waals surface area contributed by atoms with E-state index in [9.17, 15) is 13.2 Å². The molecule has 0 spiro atoms. The zero-order chi connectivity index (χ0) is 14.7. The Morgan fingerprint density at radius 1 is 1.42 bits per heavy atom. The van der Waals surface area contributed by atoms with Gasteiger partial charge >= 0.3 is 5.97 Å². The molecule has 108 valence electrons. The van der Waals surface area contributed by atoms with E-state index in [0.29, 0.717) is 6.42 Å². The van der Waals surface area contributed by atoms with Gasteiger partial charge < -0.3 is 5.11 Å². The number of carboxylic acid groups (broad SMARTS) is 1. The van der Waals surface area contributed by atoms with Crippen molar-refractivity contribution in [3.05, 3.63) is 17.0 Å². The van der Waals surface area contributed by atoms with E-state index in [1.54, 1.807) is 19.1 Å². The largest absolute Gasteiger partial charge is 0.481 e. The van der Waals surface area contributed by atoms with Crippen LogP contribution in [0.2, 0.25) is 0 Å². The highest BCUT2D eigenvalue weighted by Crippen LogP contribution is 2.24. The zero-order valence-corrected chi connectivity index (χ0v) is 12.9. The van der Waals surface area contributed by atoms with Crippen LogP contribution < -0.4 is 4.72 Å². The molecule has 5 nitrogen and oxygen atoms in total. The normalized spacial score (nSPS) is 15.1. The standard InChI is InChI=1S/C12H19NO4S2/c1-4-9-6-7-10(18-9)19(16,17)13-8-12(3,5-2)11(14)15/h6-7,13H,4-5,8H2,1-3H3,(H,14,15). The summed E-state index contributed by atoms with van der Waals surface area (Å²) in [5.74, 6) is -1.00. The number of sulfonamides is 1. The summed E-state index contributed by atoms with van der Waals surface area (Å²) in [5.41, 5.74) is -1.09. The van der Waals surface area contributed by atoms with Gasteiger partial charge in [0.1, 0.15) is 4.21 Å². The van der Waals surface area contributed by atoms with Crippen molar-refractivity contribution < 1.29 is 18.3 Å². The third-order valence-electron chi connectivity index (χ3n) is 3.20. The van der Waals surface area contributed by atoms with E-state index >= 15 is 0 Å². The molecule has 1 aromatic heterocycles. The molecule has 1 atom stereocenters. The molecule has 0 aliphatic rings. The van der Waals surface area contributed by atoms with Crippen LogP contribution in [0.25, 0.3) is 0 Å². The van der Waals surface area contributed by atoms with Gasteiger partial charge in [-0.2, -0.15) is 0 Å². The first-order valence-corrected chi connectivity index (χ1v) is 8.37. The minimum Gasteiger partial charge on any atom is -0.481 e. The molecule has 1 unspecified atom stereocenters. The quantitative estimate of drug-likeness (QED) is 0.808. The molecule has 1 rings (SSSR count). The van der Waals surface area contributed by atoms with E-state index in [1.807, 2.05) is 6.92 Å². The Labute approximate surface area is 117 Å². The molecule has 0 saturated heterocycles. The molecular weight excluding hydrogens is 286 g/mol. The van der Waals surface area contributed by atoms with Gasteiger partial charge in [-0.05, 0) is 31.9 Å². The Hall–Kier alpha value is -0.920. The van der Waals surface area contributed by atoms with Crippen LogP contribution in [0.5, 0.6) is 0 Å². The van der Waals surface area contributed by atoms with Crippen LogP contribution in [0.4, 0.5) is 0 Å². The summed E-state index contributed by atoms with van der Waals surface area (Å²) in [7, 11) is -3.62. The van der Waals surface area contributed by atoms with Crippen LogP contribution in [0.15, 0.2) is 16.3 Å². The molecule has 0 bridgehead atoms. The van der Waals surface area contributed by atoms with Crippen LogP contribution in [-0.4, -0.2) is 26.0 Å². The predicted octanol–water partition coefficient (Wildman–Crippen LogP) is 2.09. The average Bonchev–Trinajstić information content (AvgIpc) is 2.85. The van der Waals surface area contributed by atoms with Gasteiger partial charge in [-0.1, -0.05) is 13.8 Å². The van der Waals surface area contributed by atoms with Crippen LogP contribution >= 0.6 is 11.3 Å². The molecule has 0 aliphatic heterocycles. The van der Waals surface area contributed by atoms with Crippen molar-refractivity contribution in [2.24, 2.45) is 5.41 Å². The second-order valence-corrected chi connectivity index (χ2v) is 7.78. The van der Waals surface area contributed by atoms with Crippen LogP contribution in [0, 0.1) is 5.41 Å². The van der Waals surface area contributed by atoms with Gasteiger partial charge in [0.05, 0.1) is 5.41 Å². The van der Waals surface area contributed by atoms with Crippen molar-refractivity contribution in [3.63, 3.8) is 0 Å². The SMILES string of the molecule is CCc1ccc(S(=O)(=O)NCC(C)(CC)C(=O)O)s1. The Bertz CT molecular complexity index is 550. The lowest BCUT2D eigenvalue weighted by Gasteiger charge is -2.22. The molecule has 0 aliphatic carbocycles. The van der Waals surface area contributed by atoms with Crippen molar-refractivity contribution in [2.75, 3.05) is 6.54 Å². The minimum absolute atomic E-state index is 0.111. The van der Waals surface area contributed by atoms with Crippen molar-refractivity contribution in [1.82, 2.24) is 4.72 Å². The van der Waals surface area contributed by atoms with E-state index in [4.69, 9.17) is 5.11 Å². The van der Waals surface area contributed by atoms with E-state index in [1.165, 1.54) is 18.3 Å². The molecule has 0 radical (unpaired) electrons. The number of carbonyl (C=O) groups is 1. The number of hydrogen-bond acceptors (Lipinski definition) is 4. The van der Waals surface area contributed by atoms with Gasteiger partial charge in [-0.15, -0.1) is 11.3 Å². The third-order valence-corrected chi connectivity index (χ3v) is 6.32. The second kappa shape index (κ2) is 6.02. The molecule has 0 aromatic carbocycles. The number of carboxylic acids is 1. The van der Waals surface area contributed by atoms with Crippen molar-refractivity contribution >= 4 is 27.3 Å². The second-order valence-electron chi connectivity index (χ2n) is 4.62. The van der Waals surface area contributed by atoms with Crippen molar-refractivity contribution in [2.45, 2.75) is 37.8 Å². The maximum Gasteiger partial charge on any atom is 0.310 e. The minimum atomic E-state index is -3.62. The smallest absolute Gasteiger partial charge is 0.310 e. The van der Waals surface area contributed by atoms with E-state index in [-0.39, 0.29) is 10.8 Å². The molecule has 2 N–H and O–H groups in total. The summed E-state index contributed by atoms with van der Waals surface area (Å²) < 4.78 is 26.7. The Morgan fingerprint density at radius 3 is 2.47 bits per heavy atom. The predicted molar refractivity (Wildman–Crippen MR) is 74.9 cm³/mol. The van der Waals surface area contributed by atoms with E-state index < -0.39 is 21.4 Å². The van der Waals surface area contributed by atoms with Gasteiger partial charge in [-0.25, -0.2) is 13.1 Å². The Morgan fingerprint density at radius 2 is 2.05 bits per heavy atom. The highest BCUT2D eigenvalue weighted by molar-refractivity contribution is 7.91. The first-order valence-electron chi connectivity index (χ1n) is 6.07. The summed E-state index contributed by atoms with van der Waals surface area (Å²) in [6.45, 7) is 5.10.